The molecule has 0 aromatic rings. The number of nitrogens with zero attached hydrogens (tertiary/aromatic N) is 3. The van der Waals surface area contributed by atoms with Gasteiger partial charge < -0.3 is 9.64 Å². The van der Waals surface area contributed by atoms with Crippen molar-refractivity contribution in [3.63, 3.8) is 0 Å². The van der Waals surface area contributed by atoms with E-state index in [1.165, 1.54) is 6.54 Å². The Morgan fingerprint density at radius 1 is 1.21 bits per heavy atom. The maximum atomic E-state index is 11.3. The second-order valence-electron chi connectivity index (χ2n) is 5.84. The molecule has 19 heavy (non-hydrogen) atoms. The quantitative estimate of drug-likeness (QED) is 0.726. The van der Waals surface area contributed by atoms with Crippen LogP contribution in [0.1, 0.15) is 13.8 Å². The third-order valence-corrected chi connectivity index (χ3v) is 4.49. The predicted octanol–water partition coefficient (Wildman–Crippen LogP) is 0.117. The van der Waals surface area contributed by atoms with Crippen molar-refractivity contribution in [3.8, 4) is 0 Å². The van der Waals surface area contributed by atoms with Crippen molar-refractivity contribution in [2.75, 3.05) is 59.5 Å². The van der Waals surface area contributed by atoms with Gasteiger partial charge >= 0.3 is 0 Å². The Hall–Kier alpha value is -0.650. The highest BCUT2D eigenvalue weighted by molar-refractivity contribution is 5.73. The Morgan fingerprint density at radius 3 is 2.47 bits per heavy atom. The number of amides is 1. The molecular weight excluding hydrogens is 242 g/mol. The molecule has 0 aromatic heterocycles. The van der Waals surface area contributed by atoms with Crippen molar-refractivity contribution in [2.24, 2.45) is 5.92 Å². The van der Waals surface area contributed by atoms with Gasteiger partial charge in [0.2, 0.25) is 5.91 Å². The van der Waals surface area contributed by atoms with Crippen LogP contribution in [0.3, 0.4) is 0 Å². The normalized spacial score (nSPS) is 29.9. The van der Waals surface area contributed by atoms with Gasteiger partial charge in [0.25, 0.3) is 0 Å². The number of hydrogen-bond donors (Lipinski definition) is 0. The fourth-order valence-corrected chi connectivity index (χ4v) is 3.29. The van der Waals surface area contributed by atoms with E-state index in [1.807, 2.05) is 4.90 Å². The summed E-state index contributed by atoms with van der Waals surface area (Å²) in [6, 6.07) is 0.644. The molecule has 2 unspecified atom stereocenters. The average Bonchev–Trinajstić information content (AvgIpc) is 2.77. The highest BCUT2D eigenvalue weighted by Crippen LogP contribution is 2.22. The Labute approximate surface area is 116 Å². The van der Waals surface area contributed by atoms with Crippen LogP contribution in [0.4, 0.5) is 0 Å². The molecule has 2 saturated heterocycles. The second kappa shape index (κ2) is 6.68. The number of carbonyl (C=O) groups excluding carboxylic acids is 1. The maximum Gasteiger partial charge on any atom is 0.219 e. The number of carbonyl (C=O) groups is 1. The molecule has 2 aliphatic rings. The Balaban J connectivity index is 1.81. The van der Waals surface area contributed by atoms with Crippen molar-refractivity contribution in [3.05, 3.63) is 0 Å². The summed E-state index contributed by atoms with van der Waals surface area (Å²) in [4.78, 5) is 18.4. The lowest BCUT2D eigenvalue weighted by Crippen LogP contribution is -2.53. The highest BCUT2D eigenvalue weighted by Gasteiger charge is 2.35. The van der Waals surface area contributed by atoms with E-state index in [-0.39, 0.29) is 5.91 Å². The monoisotopic (exact) mass is 269 g/mol. The molecule has 2 heterocycles. The van der Waals surface area contributed by atoms with Gasteiger partial charge in [0.05, 0.1) is 6.61 Å². The zero-order chi connectivity index (χ0) is 13.8. The Bertz CT molecular complexity index is 303. The number of methoxy groups -OCH3 is 1. The van der Waals surface area contributed by atoms with E-state index >= 15 is 0 Å². The molecule has 5 heteroatoms. The minimum Gasteiger partial charge on any atom is -0.383 e. The van der Waals surface area contributed by atoms with Gasteiger partial charge in [-0.25, -0.2) is 0 Å². The fourth-order valence-electron chi connectivity index (χ4n) is 3.29. The van der Waals surface area contributed by atoms with Gasteiger partial charge in [-0.05, 0) is 5.92 Å². The summed E-state index contributed by atoms with van der Waals surface area (Å²) in [5, 5.41) is 0. The SMILES string of the molecule is COCCN1CC(C)C(N2CCN(C(C)=O)CC2)C1. The van der Waals surface area contributed by atoms with Crippen molar-refractivity contribution in [1.82, 2.24) is 14.7 Å². The summed E-state index contributed by atoms with van der Waals surface area (Å²) in [6.07, 6.45) is 0. The van der Waals surface area contributed by atoms with Crippen LogP contribution in [0.15, 0.2) is 0 Å². The number of ether oxygens (including phenoxy) is 1. The van der Waals surface area contributed by atoms with Crippen molar-refractivity contribution in [1.29, 1.82) is 0 Å². The predicted molar refractivity (Wildman–Crippen MR) is 75.1 cm³/mol. The molecule has 0 aromatic carbocycles. The maximum absolute atomic E-state index is 11.3. The number of rotatable bonds is 4. The van der Waals surface area contributed by atoms with E-state index in [2.05, 4.69) is 16.7 Å². The van der Waals surface area contributed by atoms with Gasteiger partial charge in [-0.15, -0.1) is 0 Å². The van der Waals surface area contributed by atoms with Crippen LogP contribution < -0.4 is 0 Å². The first-order chi connectivity index (χ1) is 9.11. The third kappa shape index (κ3) is 3.68. The van der Waals surface area contributed by atoms with Gasteiger partial charge in [0, 0.05) is 65.9 Å². The lowest BCUT2D eigenvalue weighted by molar-refractivity contribution is -0.130. The second-order valence-corrected chi connectivity index (χ2v) is 5.84. The van der Waals surface area contributed by atoms with Gasteiger partial charge in [0.15, 0.2) is 0 Å². The summed E-state index contributed by atoms with van der Waals surface area (Å²) in [5.41, 5.74) is 0. The van der Waals surface area contributed by atoms with Gasteiger partial charge in [-0.3, -0.25) is 14.6 Å². The van der Waals surface area contributed by atoms with Crippen LogP contribution in [0, 0.1) is 5.92 Å². The molecule has 2 fully saturated rings. The van der Waals surface area contributed by atoms with E-state index in [0.717, 1.165) is 45.9 Å². The van der Waals surface area contributed by atoms with E-state index in [0.29, 0.717) is 12.0 Å². The lowest BCUT2D eigenvalue weighted by atomic mass is 10.0. The number of likely N-dealkylation sites (tertiary alicyclic amines) is 1. The number of piperazine rings is 1. The van der Waals surface area contributed by atoms with E-state index < -0.39 is 0 Å². The fraction of sp³-hybridized carbons (Fsp3) is 0.929. The molecule has 2 aliphatic heterocycles. The molecule has 0 bridgehead atoms. The minimum absolute atomic E-state index is 0.209. The Morgan fingerprint density at radius 2 is 1.89 bits per heavy atom. The summed E-state index contributed by atoms with van der Waals surface area (Å²) in [7, 11) is 1.76. The minimum atomic E-state index is 0.209. The van der Waals surface area contributed by atoms with Crippen LogP contribution >= 0.6 is 0 Å². The molecular formula is C14H27N3O2. The summed E-state index contributed by atoms with van der Waals surface area (Å²) < 4.78 is 5.16. The van der Waals surface area contributed by atoms with Gasteiger partial charge in [-0.2, -0.15) is 0 Å². The average molecular weight is 269 g/mol. The van der Waals surface area contributed by atoms with Crippen LogP contribution in [-0.2, 0) is 9.53 Å². The topological polar surface area (TPSA) is 36.0 Å². The summed E-state index contributed by atoms with van der Waals surface area (Å²) in [5.74, 6) is 0.918. The zero-order valence-corrected chi connectivity index (χ0v) is 12.5. The Kier molecular flexibility index (Phi) is 5.19. The molecule has 0 spiro atoms. The smallest absolute Gasteiger partial charge is 0.219 e. The third-order valence-electron chi connectivity index (χ3n) is 4.49. The molecule has 2 rings (SSSR count). The molecule has 0 radical (unpaired) electrons. The van der Waals surface area contributed by atoms with Crippen molar-refractivity contribution in [2.45, 2.75) is 19.9 Å². The van der Waals surface area contributed by atoms with Gasteiger partial charge in [-0.1, -0.05) is 6.92 Å². The molecule has 1 amide bonds. The molecule has 2 atom stereocenters. The van der Waals surface area contributed by atoms with Gasteiger partial charge in [0.1, 0.15) is 0 Å². The van der Waals surface area contributed by atoms with Crippen LogP contribution in [0.2, 0.25) is 0 Å². The molecule has 0 aliphatic carbocycles. The van der Waals surface area contributed by atoms with Crippen LogP contribution in [0.5, 0.6) is 0 Å². The van der Waals surface area contributed by atoms with E-state index in [9.17, 15) is 4.79 Å². The van der Waals surface area contributed by atoms with Crippen molar-refractivity contribution < 1.29 is 9.53 Å². The standard InChI is InChI=1S/C14H27N3O2/c1-12-10-15(8-9-19-3)11-14(12)17-6-4-16(5-7-17)13(2)18/h12,14H,4-11H2,1-3H3. The first-order valence-corrected chi connectivity index (χ1v) is 7.32. The highest BCUT2D eigenvalue weighted by atomic mass is 16.5. The largest absolute Gasteiger partial charge is 0.383 e. The van der Waals surface area contributed by atoms with Crippen LogP contribution in [-0.4, -0.2) is 86.2 Å². The van der Waals surface area contributed by atoms with Crippen LogP contribution in [0.25, 0.3) is 0 Å². The van der Waals surface area contributed by atoms with E-state index in [1.54, 1.807) is 14.0 Å². The molecule has 0 saturated carbocycles. The molecule has 0 N–H and O–H groups in total. The zero-order valence-electron chi connectivity index (χ0n) is 12.5. The lowest BCUT2D eigenvalue weighted by Gasteiger charge is -2.39. The molecule has 110 valence electrons. The van der Waals surface area contributed by atoms with Crippen molar-refractivity contribution >= 4 is 5.91 Å². The summed E-state index contributed by atoms with van der Waals surface area (Å²) in [6.45, 7) is 12.0. The summed E-state index contributed by atoms with van der Waals surface area (Å²) >= 11 is 0. The first-order valence-electron chi connectivity index (χ1n) is 7.32. The number of hydrogen-bond acceptors (Lipinski definition) is 4. The molecule has 5 nitrogen and oxygen atoms in total. The van der Waals surface area contributed by atoms with E-state index in [4.69, 9.17) is 4.74 Å². The first kappa shape index (κ1) is 14.8.